The lowest BCUT2D eigenvalue weighted by atomic mass is 9.63. The highest BCUT2D eigenvalue weighted by Gasteiger charge is 2.42. The third-order valence-corrected chi connectivity index (χ3v) is 16.6. The van der Waals surface area contributed by atoms with Crippen LogP contribution in [0, 0.1) is 27.7 Å². The number of aromatic nitrogens is 4. The minimum atomic E-state index is -1.39. The third-order valence-electron chi connectivity index (χ3n) is 13.1. The van der Waals surface area contributed by atoms with Crippen molar-refractivity contribution in [3.8, 4) is 11.5 Å². The monoisotopic (exact) mass is 818 g/mol. The van der Waals surface area contributed by atoms with Gasteiger partial charge in [0.05, 0.1) is 22.1 Å². The first-order chi connectivity index (χ1) is 29.4. The molecule has 0 aliphatic heterocycles. The summed E-state index contributed by atoms with van der Waals surface area (Å²) in [5.41, 5.74) is 15.1. The highest BCUT2D eigenvalue weighted by atomic mass is 31.2. The second kappa shape index (κ2) is 13.7. The van der Waals surface area contributed by atoms with Crippen LogP contribution in [0.1, 0.15) is 69.2 Å². The van der Waals surface area contributed by atoms with Gasteiger partial charge in [-0.05, 0) is 110 Å². The first-order valence-electron chi connectivity index (χ1n) is 20.9. The Morgan fingerprint density at radius 1 is 0.383 bits per heavy atom. The number of aryl methyl sites for hydroxylation is 4. The molecule has 13 rings (SSSR count). The van der Waals surface area contributed by atoms with Crippen molar-refractivity contribution >= 4 is 60.5 Å². The second-order valence-electron chi connectivity index (χ2n) is 16.6. The van der Waals surface area contributed by atoms with E-state index in [1.54, 1.807) is 0 Å². The zero-order chi connectivity index (χ0) is 40.2. The van der Waals surface area contributed by atoms with E-state index in [1.807, 2.05) is 0 Å². The van der Waals surface area contributed by atoms with Crippen LogP contribution in [-0.4, -0.2) is 17.4 Å². The minimum Gasteiger partial charge on any atom is -0.436 e. The van der Waals surface area contributed by atoms with Crippen LogP contribution in [0.2, 0.25) is 0 Å². The van der Waals surface area contributed by atoms with E-state index in [4.69, 9.17) is 9.05 Å². The van der Waals surface area contributed by atoms with Crippen molar-refractivity contribution in [2.24, 2.45) is 0 Å². The van der Waals surface area contributed by atoms with Gasteiger partial charge in [-0.2, -0.15) is 0 Å². The van der Waals surface area contributed by atoms with Gasteiger partial charge in [-0.15, -0.1) is 0 Å². The molecule has 0 spiro atoms. The lowest BCUT2D eigenvalue weighted by molar-refractivity contribution is 0.477. The van der Waals surface area contributed by atoms with Crippen molar-refractivity contribution < 1.29 is 9.05 Å². The van der Waals surface area contributed by atoms with Gasteiger partial charge >= 0.3 is 16.9 Å². The molecule has 0 atom stereocenters. The van der Waals surface area contributed by atoms with Crippen LogP contribution < -0.4 is 9.05 Å². The number of para-hydroxylation sites is 4. The normalized spacial score (nSPS) is 15.8. The van der Waals surface area contributed by atoms with Gasteiger partial charge in [0.25, 0.3) is 0 Å². The summed E-state index contributed by atoms with van der Waals surface area (Å²) in [6.45, 7) is 8.82. The Morgan fingerprint density at radius 3 is 1.05 bits per heavy atom. The van der Waals surface area contributed by atoms with Crippen molar-refractivity contribution in [3.05, 3.63) is 203 Å². The average molecular weight is 819 g/mol. The fourth-order valence-corrected chi connectivity index (χ4v) is 14.3. The van der Waals surface area contributed by atoms with Crippen LogP contribution in [-0.2, 0) is 0 Å². The van der Waals surface area contributed by atoms with Gasteiger partial charge in [0.1, 0.15) is 11.5 Å². The smallest absolute Gasteiger partial charge is 0.318 e. The number of benzene rings is 6. The van der Waals surface area contributed by atoms with Crippen LogP contribution >= 0.6 is 16.9 Å². The van der Waals surface area contributed by atoms with Gasteiger partial charge in [-0.25, -0.2) is 0 Å². The zero-order valence-corrected chi connectivity index (χ0v) is 35.9. The maximum Gasteiger partial charge on any atom is 0.318 e. The lowest BCUT2D eigenvalue weighted by Gasteiger charge is -2.42. The van der Waals surface area contributed by atoms with Gasteiger partial charge in [0, 0.05) is 69.3 Å². The molecular weight excluding hydrogens is 775 g/mol. The van der Waals surface area contributed by atoms with Crippen molar-refractivity contribution in [1.29, 1.82) is 0 Å². The lowest BCUT2D eigenvalue weighted by Crippen LogP contribution is -2.26. The molecule has 8 heteroatoms. The molecule has 4 heterocycles. The van der Waals surface area contributed by atoms with Gasteiger partial charge in [-0.3, -0.25) is 17.4 Å². The second-order valence-corrected chi connectivity index (χ2v) is 19.7. The molecule has 294 valence electrons. The maximum atomic E-state index is 7.60. The summed E-state index contributed by atoms with van der Waals surface area (Å²) in [4.78, 5) is 0. The Balaban J connectivity index is 1.01. The zero-order valence-electron chi connectivity index (χ0n) is 34.1. The number of rotatable bonds is 8. The Bertz CT molecular complexity index is 2950. The largest absolute Gasteiger partial charge is 0.436 e. The van der Waals surface area contributed by atoms with Crippen molar-refractivity contribution in [3.63, 3.8) is 0 Å². The molecule has 0 N–H and O–H groups in total. The molecule has 0 unspecified atom stereocenters. The van der Waals surface area contributed by atoms with Gasteiger partial charge in [0.2, 0.25) is 0 Å². The van der Waals surface area contributed by atoms with Gasteiger partial charge in [-0.1, -0.05) is 97.1 Å². The van der Waals surface area contributed by atoms with Crippen molar-refractivity contribution in [1.82, 2.24) is 17.4 Å². The Labute approximate surface area is 352 Å². The standard InChI is InChI=1S/C52H44N4O2P2/c1-33-29-53(45-21-9-5-15-37(33)45)59(54-30-34(2)38-16-6-10-22-46(38)54)57-49-25-13-19-42-41-27-28-44(51(42)49)52-43(41)20-14-26-50(52)58-60(55-31-35(3)39-17-7-11-23-47(39)55)56-32-36(4)40-18-8-12-24-48(40)56/h5-26,29-32,41,44H,27-28H2,1-4H3. The molecule has 6 nitrogen and oxygen atoms in total. The summed E-state index contributed by atoms with van der Waals surface area (Å²) in [5.74, 6) is 2.30. The number of nitrogens with zero attached hydrogens (tertiary/aromatic N) is 4. The molecule has 0 saturated heterocycles. The first kappa shape index (κ1) is 35.8. The summed E-state index contributed by atoms with van der Waals surface area (Å²) in [7, 11) is -2.78. The molecule has 60 heavy (non-hydrogen) atoms. The molecule has 4 aromatic heterocycles. The van der Waals surface area contributed by atoms with E-state index in [9.17, 15) is 0 Å². The number of hydrogen-bond acceptors (Lipinski definition) is 2. The van der Waals surface area contributed by atoms with Crippen LogP contribution in [0.25, 0.3) is 43.6 Å². The van der Waals surface area contributed by atoms with E-state index in [2.05, 4.69) is 203 Å². The van der Waals surface area contributed by atoms with Crippen LogP contribution in [0.5, 0.6) is 11.5 Å². The molecule has 3 aliphatic rings. The summed E-state index contributed by atoms with van der Waals surface area (Å²) in [6.07, 6.45) is 11.3. The molecule has 0 fully saturated rings. The van der Waals surface area contributed by atoms with Crippen LogP contribution in [0.15, 0.2) is 158 Å². The average Bonchev–Trinajstić information content (AvgIpc) is 4.02. The van der Waals surface area contributed by atoms with Crippen molar-refractivity contribution in [2.45, 2.75) is 52.4 Å². The maximum absolute atomic E-state index is 7.60. The SMILES string of the molecule is Cc1cn(P(Oc2cccc3c2C2CCC3c3cccc(OP(n4cc(C)c5ccccc54)n4cc(C)c5ccccc54)c32)n2cc(C)c3ccccc32)c2ccccc12. The molecule has 3 aliphatic carbocycles. The molecule has 2 bridgehead atoms. The number of fused-ring (bicyclic) bond motifs is 5. The molecule has 6 aromatic carbocycles. The third kappa shape index (κ3) is 5.34. The Hall–Kier alpha value is -6.06. The van der Waals surface area contributed by atoms with E-state index < -0.39 is 16.9 Å². The van der Waals surface area contributed by atoms with E-state index in [1.165, 1.54) is 88.1 Å². The Kier molecular flexibility index (Phi) is 8.21. The van der Waals surface area contributed by atoms with E-state index >= 15 is 0 Å². The van der Waals surface area contributed by atoms with Gasteiger partial charge in [0.15, 0.2) is 0 Å². The summed E-state index contributed by atoms with van der Waals surface area (Å²) < 4.78 is 24.7. The minimum absolute atomic E-state index is 0.124. The molecular formula is C52H44N4O2P2. The quantitative estimate of drug-likeness (QED) is 0.143. The topological polar surface area (TPSA) is 38.2 Å². The summed E-state index contributed by atoms with van der Waals surface area (Å²) in [6, 6.07) is 48.4. The van der Waals surface area contributed by atoms with E-state index in [0.717, 1.165) is 24.3 Å². The van der Waals surface area contributed by atoms with Crippen LogP contribution in [0.3, 0.4) is 0 Å². The molecule has 0 radical (unpaired) electrons. The highest BCUT2D eigenvalue weighted by molar-refractivity contribution is 7.50. The highest BCUT2D eigenvalue weighted by Crippen LogP contribution is 2.61. The molecule has 0 saturated carbocycles. The molecule has 10 aromatic rings. The Morgan fingerprint density at radius 2 is 0.700 bits per heavy atom. The first-order valence-corrected chi connectivity index (χ1v) is 23.3. The van der Waals surface area contributed by atoms with E-state index in [0.29, 0.717) is 0 Å². The predicted molar refractivity (Wildman–Crippen MR) is 249 cm³/mol. The van der Waals surface area contributed by atoms with E-state index in [-0.39, 0.29) is 11.8 Å². The van der Waals surface area contributed by atoms with Crippen molar-refractivity contribution in [2.75, 3.05) is 0 Å². The summed E-state index contributed by atoms with van der Waals surface area (Å²) in [5, 5.41) is 5.00. The fourth-order valence-electron chi connectivity index (χ4n) is 10.3. The fraction of sp³-hybridized carbons (Fsp3) is 0.154. The predicted octanol–water partition coefficient (Wildman–Crippen LogP) is 14.5. The van der Waals surface area contributed by atoms with Gasteiger partial charge < -0.3 is 9.05 Å². The summed E-state index contributed by atoms with van der Waals surface area (Å²) >= 11 is 0. The number of hydrogen-bond donors (Lipinski definition) is 0. The van der Waals surface area contributed by atoms with Crippen LogP contribution in [0.4, 0.5) is 0 Å². The molecule has 0 amide bonds.